The van der Waals surface area contributed by atoms with Crippen LogP contribution in [-0.2, 0) is 10.3 Å². The predicted molar refractivity (Wildman–Crippen MR) is 102 cm³/mol. The molecule has 2 aromatic rings. The van der Waals surface area contributed by atoms with Crippen molar-refractivity contribution in [3.63, 3.8) is 0 Å². The van der Waals surface area contributed by atoms with Crippen LogP contribution in [0.5, 0.6) is 0 Å². The molecular weight excluding hydrogens is 353 g/mol. The minimum atomic E-state index is -1.10. The Morgan fingerprint density at radius 1 is 1.12 bits per heavy atom. The molecule has 1 aliphatic rings. The van der Waals surface area contributed by atoms with Crippen molar-refractivity contribution < 1.29 is 14.2 Å². The molecule has 140 valence electrons. The molecule has 0 bridgehead atoms. The van der Waals surface area contributed by atoms with Crippen molar-refractivity contribution >= 4 is 11.6 Å². The van der Waals surface area contributed by atoms with Crippen molar-refractivity contribution in [2.75, 3.05) is 32.8 Å². The summed E-state index contributed by atoms with van der Waals surface area (Å²) in [5.41, 5.74) is 0.656. The Labute approximate surface area is 159 Å². The van der Waals surface area contributed by atoms with Crippen molar-refractivity contribution in [3.05, 3.63) is 70.5 Å². The highest BCUT2D eigenvalue weighted by molar-refractivity contribution is 6.30. The number of hydrogen-bond donors (Lipinski definition) is 1. The number of rotatable bonds is 6. The fourth-order valence-corrected chi connectivity index (χ4v) is 3.79. The van der Waals surface area contributed by atoms with Gasteiger partial charge in [0.2, 0.25) is 0 Å². The van der Waals surface area contributed by atoms with E-state index in [4.69, 9.17) is 16.3 Å². The zero-order chi connectivity index (χ0) is 18.6. The highest BCUT2D eigenvalue weighted by Crippen LogP contribution is 2.40. The van der Waals surface area contributed by atoms with E-state index in [-0.39, 0.29) is 11.7 Å². The Hall–Kier alpha value is -1.46. The second kappa shape index (κ2) is 8.49. The third-order valence-corrected chi connectivity index (χ3v) is 5.53. The van der Waals surface area contributed by atoms with Crippen LogP contribution in [0.4, 0.5) is 4.39 Å². The van der Waals surface area contributed by atoms with Gasteiger partial charge in [0, 0.05) is 30.6 Å². The van der Waals surface area contributed by atoms with Gasteiger partial charge in [0.15, 0.2) is 0 Å². The molecule has 0 saturated carbocycles. The van der Waals surface area contributed by atoms with Gasteiger partial charge in [-0.2, -0.15) is 0 Å². The monoisotopic (exact) mass is 377 g/mol. The molecule has 1 aliphatic heterocycles. The third kappa shape index (κ3) is 4.26. The average molecular weight is 378 g/mol. The van der Waals surface area contributed by atoms with E-state index in [0.717, 1.165) is 24.2 Å². The molecule has 1 heterocycles. The SMILES string of the molecule is CCC(O)(c1ccc(F)cc1)C(CN1CCOCC1)c1ccc(Cl)cc1. The first kappa shape index (κ1) is 19.3. The van der Waals surface area contributed by atoms with Crippen LogP contribution in [0.2, 0.25) is 5.02 Å². The summed E-state index contributed by atoms with van der Waals surface area (Å²) in [4.78, 5) is 2.31. The maximum Gasteiger partial charge on any atom is 0.123 e. The van der Waals surface area contributed by atoms with Gasteiger partial charge in [-0.05, 0) is 41.8 Å². The molecule has 2 aromatic carbocycles. The van der Waals surface area contributed by atoms with Crippen LogP contribution in [0.3, 0.4) is 0 Å². The van der Waals surface area contributed by atoms with Gasteiger partial charge in [0.1, 0.15) is 5.82 Å². The van der Waals surface area contributed by atoms with Crippen LogP contribution < -0.4 is 0 Å². The van der Waals surface area contributed by atoms with Crippen molar-refractivity contribution in [2.45, 2.75) is 24.9 Å². The van der Waals surface area contributed by atoms with Crippen molar-refractivity contribution in [3.8, 4) is 0 Å². The van der Waals surface area contributed by atoms with Gasteiger partial charge >= 0.3 is 0 Å². The van der Waals surface area contributed by atoms with E-state index in [1.807, 2.05) is 31.2 Å². The summed E-state index contributed by atoms with van der Waals surface area (Å²) in [6.07, 6.45) is 0.524. The zero-order valence-electron chi connectivity index (χ0n) is 15.0. The smallest absolute Gasteiger partial charge is 0.123 e. The van der Waals surface area contributed by atoms with Crippen LogP contribution in [0.25, 0.3) is 0 Å². The van der Waals surface area contributed by atoms with E-state index in [0.29, 0.717) is 31.2 Å². The van der Waals surface area contributed by atoms with Crippen molar-refractivity contribution in [2.24, 2.45) is 0 Å². The molecule has 0 amide bonds. The summed E-state index contributed by atoms with van der Waals surface area (Å²) in [5, 5.41) is 12.3. The minimum absolute atomic E-state index is 0.159. The lowest BCUT2D eigenvalue weighted by Crippen LogP contribution is -2.44. The van der Waals surface area contributed by atoms with Crippen molar-refractivity contribution in [1.29, 1.82) is 0 Å². The molecule has 1 fully saturated rings. The van der Waals surface area contributed by atoms with E-state index < -0.39 is 5.60 Å². The predicted octanol–water partition coefficient (Wildman–Crippen LogP) is 4.19. The molecular formula is C21H25ClFNO2. The van der Waals surface area contributed by atoms with Crippen LogP contribution in [-0.4, -0.2) is 42.9 Å². The van der Waals surface area contributed by atoms with Gasteiger partial charge in [0.05, 0.1) is 18.8 Å². The largest absolute Gasteiger partial charge is 0.384 e. The summed E-state index contributed by atoms with van der Waals surface area (Å²) in [6, 6.07) is 13.8. The maximum atomic E-state index is 13.4. The standard InChI is InChI=1S/C21H25ClFNO2/c1-2-21(25,17-5-9-19(23)10-6-17)20(15-24-11-13-26-14-12-24)16-3-7-18(22)8-4-16/h3-10,20,25H,2,11-15H2,1H3. The number of hydrogen-bond acceptors (Lipinski definition) is 3. The molecule has 3 rings (SSSR count). The minimum Gasteiger partial charge on any atom is -0.384 e. The molecule has 2 unspecified atom stereocenters. The fourth-order valence-electron chi connectivity index (χ4n) is 3.66. The Morgan fingerprint density at radius 3 is 2.31 bits per heavy atom. The summed E-state index contributed by atoms with van der Waals surface area (Å²) in [7, 11) is 0. The summed E-state index contributed by atoms with van der Waals surface area (Å²) >= 11 is 6.06. The van der Waals surface area contributed by atoms with E-state index >= 15 is 0 Å². The lowest BCUT2D eigenvalue weighted by atomic mass is 9.75. The van der Waals surface area contributed by atoms with Gasteiger partial charge in [-0.3, -0.25) is 4.90 Å². The van der Waals surface area contributed by atoms with Gasteiger partial charge < -0.3 is 9.84 Å². The van der Waals surface area contributed by atoms with E-state index in [1.165, 1.54) is 12.1 Å². The normalized spacial score (nSPS) is 19.1. The van der Waals surface area contributed by atoms with E-state index in [9.17, 15) is 9.50 Å². The first-order valence-electron chi connectivity index (χ1n) is 9.07. The Morgan fingerprint density at radius 2 is 1.73 bits per heavy atom. The lowest BCUT2D eigenvalue weighted by Gasteiger charge is -2.40. The molecule has 26 heavy (non-hydrogen) atoms. The molecule has 0 spiro atoms. The summed E-state index contributed by atoms with van der Waals surface area (Å²) in [5.74, 6) is -0.461. The summed E-state index contributed by atoms with van der Waals surface area (Å²) in [6.45, 7) is 5.75. The quantitative estimate of drug-likeness (QED) is 0.819. The molecule has 0 aromatic heterocycles. The number of aliphatic hydroxyl groups is 1. The van der Waals surface area contributed by atoms with Gasteiger partial charge in [-0.15, -0.1) is 0 Å². The first-order chi connectivity index (χ1) is 12.5. The zero-order valence-corrected chi connectivity index (χ0v) is 15.8. The highest BCUT2D eigenvalue weighted by atomic mass is 35.5. The lowest BCUT2D eigenvalue weighted by molar-refractivity contribution is -0.0250. The van der Waals surface area contributed by atoms with Crippen LogP contribution in [0.1, 0.15) is 30.4 Å². The second-order valence-corrected chi connectivity index (χ2v) is 7.24. The van der Waals surface area contributed by atoms with Gasteiger partial charge in [0.25, 0.3) is 0 Å². The summed E-state index contributed by atoms with van der Waals surface area (Å²) < 4.78 is 18.9. The molecule has 3 nitrogen and oxygen atoms in total. The highest BCUT2D eigenvalue weighted by Gasteiger charge is 2.39. The molecule has 2 atom stereocenters. The number of halogens is 2. The Kier molecular flexibility index (Phi) is 6.30. The molecule has 0 radical (unpaired) electrons. The van der Waals surface area contributed by atoms with Crippen LogP contribution >= 0.6 is 11.6 Å². The van der Waals surface area contributed by atoms with Gasteiger partial charge in [-0.25, -0.2) is 4.39 Å². The second-order valence-electron chi connectivity index (χ2n) is 6.80. The third-order valence-electron chi connectivity index (χ3n) is 5.28. The van der Waals surface area contributed by atoms with Crippen LogP contribution in [0.15, 0.2) is 48.5 Å². The van der Waals surface area contributed by atoms with E-state index in [2.05, 4.69) is 4.90 Å². The number of ether oxygens (including phenoxy) is 1. The average Bonchev–Trinajstić information content (AvgIpc) is 2.68. The molecule has 0 aliphatic carbocycles. The van der Waals surface area contributed by atoms with Crippen molar-refractivity contribution in [1.82, 2.24) is 4.90 Å². The maximum absolute atomic E-state index is 13.4. The van der Waals surface area contributed by atoms with Crippen LogP contribution in [0, 0.1) is 5.82 Å². The van der Waals surface area contributed by atoms with E-state index in [1.54, 1.807) is 12.1 Å². The molecule has 1 saturated heterocycles. The first-order valence-corrected chi connectivity index (χ1v) is 9.44. The number of benzene rings is 2. The number of nitrogens with zero attached hydrogens (tertiary/aromatic N) is 1. The Bertz CT molecular complexity index is 701. The Balaban J connectivity index is 1.98. The molecule has 5 heteroatoms. The fraction of sp³-hybridized carbons (Fsp3) is 0.429. The number of morpholine rings is 1. The molecule has 1 N–H and O–H groups in total. The topological polar surface area (TPSA) is 32.7 Å². The van der Waals surface area contributed by atoms with Gasteiger partial charge in [-0.1, -0.05) is 42.8 Å².